The van der Waals surface area contributed by atoms with Gasteiger partial charge in [0.15, 0.2) is 12.4 Å². The SMILES string of the molecule is O=S(=O)([O-])OC[C@@H]1O[C@@H](O)[C@@H](OS(=O)(=O)[O-])[C@H](OS(=O)(=O)[O-])[C@@H]1O. The van der Waals surface area contributed by atoms with Crippen molar-refractivity contribution in [2.24, 2.45) is 0 Å². The van der Waals surface area contributed by atoms with Gasteiger partial charge in [0, 0.05) is 0 Å². The van der Waals surface area contributed by atoms with Crippen molar-refractivity contribution in [2.75, 3.05) is 6.61 Å². The molecule has 0 aliphatic carbocycles. The summed E-state index contributed by atoms with van der Waals surface area (Å²) in [5.74, 6) is 0. The summed E-state index contributed by atoms with van der Waals surface area (Å²) >= 11 is 0. The molecule has 5 atom stereocenters. The van der Waals surface area contributed by atoms with Gasteiger partial charge in [0.1, 0.15) is 18.3 Å². The van der Waals surface area contributed by atoms with Gasteiger partial charge in [-0.2, -0.15) is 0 Å². The lowest BCUT2D eigenvalue weighted by Gasteiger charge is -2.42. The molecule has 0 aromatic rings. The predicted octanol–water partition coefficient (Wildman–Crippen LogP) is -4.77. The molecule has 1 rings (SSSR count). The first kappa shape index (κ1) is 21.5. The molecule has 1 aliphatic heterocycles. The van der Waals surface area contributed by atoms with E-state index in [2.05, 4.69) is 17.3 Å². The second-order valence-electron chi connectivity index (χ2n) is 4.19. The van der Waals surface area contributed by atoms with Crippen LogP contribution in [0.25, 0.3) is 0 Å². The van der Waals surface area contributed by atoms with Gasteiger partial charge in [0.25, 0.3) is 0 Å². The Morgan fingerprint density at radius 3 is 1.71 bits per heavy atom. The molecule has 0 amide bonds. The summed E-state index contributed by atoms with van der Waals surface area (Å²) in [5, 5.41) is 19.3. The molecule has 18 heteroatoms. The molecular weight excluding hydrogens is 408 g/mol. The molecular formula is C6H9O15S3-3. The average Bonchev–Trinajstić information content (AvgIpc) is 2.32. The van der Waals surface area contributed by atoms with E-state index in [1.165, 1.54) is 0 Å². The van der Waals surface area contributed by atoms with Crippen LogP contribution in [0.15, 0.2) is 0 Å². The zero-order chi connectivity index (χ0) is 18.9. The zero-order valence-electron chi connectivity index (χ0n) is 11.0. The molecule has 0 bridgehead atoms. The monoisotopic (exact) mass is 417 g/mol. The van der Waals surface area contributed by atoms with Crippen molar-refractivity contribution >= 4 is 31.2 Å². The summed E-state index contributed by atoms with van der Waals surface area (Å²) in [6.45, 7) is -1.26. The van der Waals surface area contributed by atoms with Gasteiger partial charge in [-0.1, -0.05) is 0 Å². The van der Waals surface area contributed by atoms with Crippen LogP contribution in [0.2, 0.25) is 0 Å². The molecule has 0 saturated carbocycles. The molecule has 1 saturated heterocycles. The van der Waals surface area contributed by atoms with Crippen LogP contribution in [0.4, 0.5) is 0 Å². The molecule has 0 unspecified atom stereocenters. The highest BCUT2D eigenvalue weighted by molar-refractivity contribution is 7.81. The number of aliphatic hydroxyl groups excluding tert-OH is 2. The first-order chi connectivity index (χ1) is 10.6. The lowest BCUT2D eigenvalue weighted by atomic mass is 9.99. The zero-order valence-corrected chi connectivity index (χ0v) is 13.5. The summed E-state index contributed by atoms with van der Waals surface area (Å²) in [6, 6.07) is 0. The molecule has 2 N–H and O–H groups in total. The predicted molar refractivity (Wildman–Crippen MR) is 61.7 cm³/mol. The van der Waals surface area contributed by atoms with Crippen LogP contribution in [0, 0.1) is 0 Å². The molecule has 144 valence electrons. The Morgan fingerprint density at radius 1 is 0.833 bits per heavy atom. The molecule has 1 heterocycles. The molecule has 15 nitrogen and oxygen atoms in total. The number of hydrogen-bond acceptors (Lipinski definition) is 15. The molecule has 24 heavy (non-hydrogen) atoms. The van der Waals surface area contributed by atoms with Crippen LogP contribution < -0.4 is 0 Å². The third-order valence-electron chi connectivity index (χ3n) is 2.47. The summed E-state index contributed by atoms with van der Waals surface area (Å²) < 4.78 is 110. The van der Waals surface area contributed by atoms with Gasteiger partial charge < -0.3 is 28.6 Å². The van der Waals surface area contributed by atoms with Gasteiger partial charge in [0.05, 0.1) is 6.61 Å². The molecule has 1 aliphatic rings. The largest absolute Gasteiger partial charge is 0.726 e. The second kappa shape index (κ2) is 7.39. The van der Waals surface area contributed by atoms with Crippen LogP contribution in [0.1, 0.15) is 0 Å². The maximum absolute atomic E-state index is 10.6. The van der Waals surface area contributed by atoms with Crippen LogP contribution >= 0.6 is 0 Å². The Morgan fingerprint density at radius 2 is 1.29 bits per heavy atom. The highest BCUT2D eigenvalue weighted by Crippen LogP contribution is 2.27. The Labute approximate surface area is 135 Å². The van der Waals surface area contributed by atoms with Crippen molar-refractivity contribution < 1.29 is 66.4 Å². The van der Waals surface area contributed by atoms with Gasteiger partial charge in [-0.15, -0.1) is 0 Å². The van der Waals surface area contributed by atoms with E-state index in [-0.39, 0.29) is 0 Å². The lowest BCUT2D eigenvalue weighted by Crippen LogP contribution is -2.61. The van der Waals surface area contributed by atoms with Crippen molar-refractivity contribution in [3.63, 3.8) is 0 Å². The van der Waals surface area contributed by atoms with E-state index in [4.69, 9.17) is 0 Å². The normalized spacial score (nSPS) is 32.6. The van der Waals surface area contributed by atoms with E-state index in [1.807, 2.05) is 0 Å². The molecule has 0 radical (unpaired) electrons. The fourth-order valence-electron chi connectivity index (χ4n) is 1.68. The number of aliphatic hydroxyl groups is 2. The summed E-state index contributed by atoms with van der Waals surface area (Å²) in [6.07, 6.45) is -11.8. The topological polar surface area (TPSA) is 249 Å². The van der Waals surface area contributed by atoms with Gasteiger partial charge in [-0.3, -0.25) is 12.5 Å². The van der Waals surface area contributed by atoms with Crippen LogP contribution in [0.5, 0.6) is 0 Å². The summed E-state index contributed by atoms with van der Waals surface area (Å²) in [4.78, 5) is 0. The van der Waals surface area contributed by atoms with Crippen LogP contribution in [0.3, 0.4) is 0 Å². The van der Waals surface area contributed by atoms with E-state index < -0.39 is 68.5 Å². The minimum Gasteiger partial charge on any atom is -0.726 e. The number of hydrogen-bond donors (Lipinski definition) is 2. The van der Waals surface area contributed by atoms with Gasteiger partial charge in [-0.25, -0.2) is 25.3 Å². The quantitative estimate of drug-likeness (QED) is 0.291. The second-order valence-corrected chi connectivity index (χ2v) is 7.26. The standard InChI is InChI=1S/C6H12O15S3/c7-3-2(1-18-22(9,10)11)19-6(8)5(21-24(15,16)17)4(3)20-23(12,13)14/h2-8H,1H2,(H,9,10,11)(H,12,13,14)(H,15,16,17)/p-3/t2-,3+,4+,5-,6+/m0/s1. The molecule has 1 fully saturated rings. The van der Waals surface area contributed by atoms with Crippen LogP contribution in [-0.2, 0) is 48.5 Å². The Kier molecular flexibility index (Phi) is 6.63. The fourth-order valence-corrected chi connectivity index (χ4v) is 2.95. The van der Waals surface area contributed by atoms with E-state index in [0.717, 1.165) is 0 Å². The number of rotatable bonds is 7. The van der Waals surface area contributed by atoms with E-state index in [0.29, 0.717) is 0 Å². The van der Waals surface area contributed by atoms with Gasteiger partial charge in [0.2, 0.25) is 31.2 Å². The molecule has 0 aromatic carbocycles. The third-order valence-corrected chi connectivity index (χ3v) is 3.81. The summed E-state index contributed by atoms with van der Waals surface area (Å²) in [7, 11) is -16.5. The smallest absolute Gasteiger partial charge is 0.218 e. The van der Waals surface area contributed by atoms with Crippen molar-refractivity contribution in [1.82, 2.24) is 0 Å². The van der Waals surface area contributed by atoms with E-state index >= 15 is 0 Å². The third kappa shape index (κ3) is 7.16. The minimum atomic E-state index is -5.61. The maximum Gasteiger partial charge on any atom is 0.218 e. The van der Waals surface area contributed by atoms with Gasteiger partial charge >= 0.3 is 0 Å². The van der Waals surface area contributed by atoms with Gasteiger partial charge in [-0.05, 0) is 0 Å². The first-order valence-electron chi connectivity index (χ1n) is 5.49. The number of ether oxygens (including phenoxy) is 1. The maximum atomic E-state index is 10.6. The van der Waals surface area contributed by atoms with Crippen molar-refractivity contribution in [1.29, 1.82) is 0 Å². The minimum absolute atomic E-state index is 1.26. The van der Waals surface area contributed by atoms with E-state index in [9.17, 15) is 49.1 Å². The van der Waals surface area contributed by atoms with E-state index in [1.54, 1.807) is 0 Å². The fraction of sp³-hybridized carbons (Fsp3) is 1.00. The summed E-state index contributed by atoms with van der Waals surface area (Å²) in [5.41, 5.74) is 0. The highest BCUT2D eigenvalue weighted by Gasteiger charge is 2.48. The molecule has 0 spiro atoms. The lowest BCUT2D eigenvalue weighted by molar-refractivity contribution is -0.275. The Balaban J connectivity index is 3.08. The highest BCUT2D eigenvalue weighted by atomic mass is 32.3. The molecule has 0 aromatic heterocycles. The van der Waals surface area contributed by atoms with Crippen LogP contribution in [-0.4, -0.2) is 86.4 Å². The van der Waals surface area contributed by atoms with Crippen molar-refractivity contribution in [3.8, 4) is 0 Å². The Hall–Kier alpha value is -0.510. The Bertz CT molecular complexity index is 736. The average molecular weight is 417 g/mol. The van der Waals surface area contributed by atoms with Crippen molar-refractivity contribution in [3.05, 3.63) is 0 Å². The van der Waals surface area contributed by atoms with Crippen molar-refractivity contribution in [2.45, 2.75) is 30.7 Å². The first-order valence-corrected chi connectivity index (χ1v) is 9.49.